The van der Waals surface area contributed by atoms with Crippen LogP contribution in [0, 0.1) is 0 Å². The Morgan fingerprint density at radius 1 is 0.900 bits per heavy atom. The summed E-state index contributed by atoms with van der Waals surface area (Å²) in [6.45, 7) is 0. The van der Waals surface area contributed by atoms with Crippen LogP contribution in [0.3, 0.4) is 0 Å². The van der Waals surface area contributed by atoms with E-state index in [0.29, 0.717) is 5.56 Å². The first-order chi connectivity index (χ1) is 14.5. The lowest BCUT2D eigenvalue weighted by Crippen LogP contribution is -2.34. The van der Waals surface area contributed by atoms with Crippen LogP contribution >= 0.6 is 0 Å². The molecule has 0 aromatic heterocycles. The molecule has 0 radical (unpaired) electrons. The van der Waals surface area contributed by atoms with Crippen LogP contribution < -0.4 is 20.7 Å². The molecule has 1 heterocycles. The second-order valence-electron chi connectivity index (χ2n) is 6.87. The molecule has 0 bridgehead atoms. The summed E-state index contributed by atoms with van der Waals surface area (Å²) >= 11 is 0. The fraction of sp³-hybridized carbons (Fsp3) is 0.136. The zero-order chi connectivity index (χ0) is 21.0. The van der Waals surface area contributed by atoms with Crippen LogP contribution in [0.5, 0.6) is 0 Å². The van der Waals surface area contributed by atoms with Crippen molar-refractivity contribution in [1.82, 2.24) is 4.72 Å². The van der Waals surface area contributed by atoms with Crippen LogP contribution in [0.15, 0.2) is 83.9 Å². The molecule has 154 valence electrons. The summed E-state index contributed by atoms with van der Waals surface area (Å²) < 4.78 is 25.8. The molecule has 7 nitrogen and oxygen atoms in total. The Hall–Kier alpha value is -3.36. The van der Waals surface area contributed by atoms with Gasteiger partial charge in [-0.05, 0) is 49.0 Å². The molecule has 4 N–H and O–H groups in total. The van der Waals surface area contributed by atoms with Crippen molar-refractivity contribution in [2.45, 2.75) is 12.0 Å². The summed E-state index contributed by atoms with van der Waals surface area (Å²) in [5, 5.41) is 10.1. The van der Waals surface area contributed by atoms with Gasteiger partial charge in [0.15, 0.2) is 6.29 Å². The third-order valence-electron chi connectivity index (χ3n) is 4.69. The normalized spacial score (nSPS) is 15.5. The highest BCUT2D eigenvalue weighted by Crippen LogP contribution is 2.24. The summed E-state index contributed by atoms with van der Waals surface area (Å²) in [7, 11) is -1.88. The standard InChI is InChI=1S/C22H23N5O2S/c1-23-30(28,29)15-16-11-13-18(14-12-16)25-22-26-20-10-6-5-9-19(20)21(27-22)24-17-7-3-2-4-8-17/h2-14,22-23,25-26H,15H2,1H3,(H,24,27). The molecule has 0 saturated heterocycles. The first-order valence-electron chi connectivity index (χ1n) is 9.55. The predicted molar refractivity (Wildman–Crippen MR) is 122 cm³/mol. The van der Waals surface area contributed by atoms with Gasteiger partial charge in [0.1, 0.15) is 5.84 Å². The number of rotatable bonds is 6. The van der Waals surface area contributed by atoms with Crippen LogP contribution in [0.1, 0.15) is 11.1 Å². The van der Waals surface area contributed by atoms with Gasteiger partial charge in [-0.3, -0.25) is 0 Å². The first-order valence-corrected chi connectivity index (χ1v) is 11.2. The number of hydrogen-bond acceptors (Lipinski definition) is 6. The fourth-order valence-corrected chi connectivity index (χ4v) is 3.94. The van der Waals surface area contributed by atoms with E-state index in [1.807, 2.05) is 66.7 Å². The van der Waals surface area contributed by atoms with Crippen molar-refractivity contribution in [1.29, 1.82) is 0 Å². The van der Waals surface area contributed by atoms with Crippen LogP contribution in [-0.2, 0) is 15.8 Å². The van der Waals surface area contributed by atoms with E-state index in [1.54, 1.807) is 12.1 Å². The van der Waals surface area contributed by atoms with E-state index in [9.17, 15) is 8.42 Å². The molecule has 8 heteroatoms. The van der Waals surface area contributed by atoms with E-state index in [2.05, 4.69) is 20.7 Å². The highest BCUT2D eigenvalue weighted by atomic mass is 32.2. The van der Waals surface area contributed by atoms with Gasteiger partial charge in [0.05, 0.1) is 5.75 Å². The van der Waals surface area contributed by atoms with Gasteiger partial charge in [0.25, 0.3) is 0 Å². The third-order valence-corrected chi connectivity index (χ3v) is 6.03. The number of aliphatic imine (C=N–C) groups is 1. The van der Waals surface area contributed by atoms with E-state index >= 15 is 0 Å². The SMILES string of the molecule is CNS(=O)(=O)Cc1ccc(NC2N=C(Nc3ccccc3)c3ccccc3N2)cc1. The van der Waals surface area contributed by atoms with Crippen LogP contribution in [0.25, 0.3) is 0 Å². The van der Waals surface area contributed by atoms with Crippen molar-refractivity contribution in [2.75, 3.05) is 23.0 Å². The summed E-state index contributed by atoms with van der Waals surface area (Å²) in [5.74, 6) is 0.715. The number of benzene rings is 3. The average Bonchev–Trinajstić information content (AvgIpc) is 2.76. The molecular weight excluding hydrogens is 398 g/mol. The maximum atomic E-state index is 11.7. The molecule has 1 atom stereocenters. The van der Waals surface area contributed by atoms with Crippen LogP contribution in [0.4, 0.5) is 17.1 Å². The van der Waals surface area contributed by atoms with Gasteiger partial charge in [-0.2, -0.15) is 0 Å². The molecule has 0 amide bonds. The first kappa shape index (κ1) is 19.9. The van der Waals surface area contributed by atoms with Gasteiger partial charge in [0.2, 0.25) is 10.0 Å². The van der Waals surface area contributed by atoms with E-state index in [1.165, 1.54) is 7.05 Å². The number of hydrogen-bond donors (Lipinski definition) is 4. The molecule has 1 aliphatic heterocycles. The maximum absolute atomic E-state index is 11.7. The van der Waals surface area contributed by atoms with E-state index < -0.39 is 10.0 Å². The summed E-state index contributed by atoms with van der Waals surface area (Å²) in [6, 6.07) is 25.2. The Morgan fingerprint density at radius 2 is 1.60 bits per heavy atom. The number of anilines is 3. The zero-order valence-electron chi connectivity index (χ0n) is 16.5. The minimum atomic E-state index is -3.30. The minimum Gasteiger partial charge on any atom is -0.347 e. The lowest BCUT2D eigenvalue weighted by molar-refractivity contribution is 0.587. The number of para-hydroxylation sites is 2. The number of fused-ring (bicyclic) bond motifs is 1. The lowest BCUT2D eigenvalue weighted by Gasteiger charge is -2.27. The number of nitrogens with one attached hydrogen (secondary N) is 4. The molecule has 0 spiro atoms. The third kappa shape index (κ3) is 4.79. The highest BCUT2D eigenvalue weighted by Gasteiger charge is 2.20. The molecule has 0 aliphatic carbocycles. The maximum Gasteiger partial charge on any atom is 0.215 e. The van der Waals surface area contributed by atoms with E-state index in [-0.39, 0.29) is 12.0 Å². The monoisotopic (exact) mass is 421 g/mol. The van der Waals surface area contributed by atoms with Crippen LogP contribution in [0.2, 0.25) is 0 Å². The zero-order valence-corrected chi connectivity index (χ0v) is 17.3. The molecule has 4 rings (SSSR count). The second kappa shape index (κ2) is 8.56. The van der Waals surface area contributed by atoms with E-state index in [0.717, 1.165) is 28.5 Å². The Labute approximate surface area is 176 Å². The van der Waals surface area contributed by atoms with Gasteiger partial charge < -0.3 is 16.0 Å². The van der Waals surface area contributed by atoms with Crippen molar-refractivity contribution in [3.05, 3.63) is 90.0 Å². The van der Waals surface area contributed by atoms with Gasteiger partial charge in [-0.1, -0.05) is 42.5 Å². The average molecular weight is 422 g/mol. The Balaban J connectivity index is 1.53. The van der Waals surface area contributed by atoms with Gasteiger partial charge in [0, 0.05) is 22.6 Å². The fourth-order valence-electron chi connectivity index (χ4n) is 3.17. The predicted octanol–water partition coefficient (Wildman–Crippen LogP) is 3.42. The van der Waals surface area contributed by atoms with Crippen molar-refractivity contribution >= 4 is 32.9 Å². The Morgan fingerprint density at radius 3 is 2.33 bits per heavy atom. The number of sulfonamides is 1. The number of nitrogens with zero attached hydrogens (tertiary/aromatic N) is 1. The van der Waals surface area contributed by atoms with Gasteiger partial charge in [-0.25, -0.2) is 18.1 Å². The highest BCUT2D eigenvalue weighted by molar-refractivity contribution is 7.88. The van der Waals surface area contributed by atoms with Gasteiger partial charge in [-0.15, -0.1) is 0 Å². The smallest absolute Gasteiger partial charge is 0.215 e. The van der Waals surface area contributed by atoms with Crippen molar-refractivity contribution in [3.8, 4) is 0 Å². The molecule has 30 heavy (non-hydrogen) atoms. The Kier molecular flexibility index (Phi) is 5.69. The van der Waals surface area contributed by atoms with Crippen molar-refractivity contribution in [2.24, 2.45) is 4.99 Å². The minimum absolute atomic E-state index is 0.0534. The number of amidine groups is 1. The summed E-state index contributed by atoms with van der Waals surface area (Å²) in [6.07, 6.45) is -0.377. The van der Waals surface area contributed by atoms with Gasteiger partial charge >= 0.3 is 0 Å². The summed E-state index contributed by atoms with van der Waals surface area (Å²) in [5.41, 5.74) is 4.47. The molecule has 1 unspecified atom stereocenters. The Bertz CT molecular complexity index is 1150. The molecule has 3 aromatic rings. The summed E-state index contributed by atoms with van der Waals surface area (Å²) in [4.78, 5) is 4.79. The largest absolute Gasteiger partial charge is 0.347 e. The van der Waals surface area contributed by atoms with Crippen LogP contribution in [-0.4, -0.2) is 27.6 Å². The second-order valence-corrected chi connectivity index (χ2v) is 8.79. The molecule has 3 aromatic carbocycles. The molecule has 0 fully saturated rings. The quantitative estimate of drug-likeness (QED) is 0.489. The van der Waals surface area contributed by atoms with E-state index in [4.69, 9.17) is 4.99 Å². The topological polar surface area (TPSA) is 94.6 Å². The molecule has 1 aliphatic rings. The molecular formula is C22H23N5O2S. The lowest BCUT2D eigenvalue weighted by atomic mass is 10.1. The van der Waals surface area contributed by atoms with Crippen molar-refractivity contribution < 1.29 is 8.42 Å². The molecule has 0 saturated carbocycles. The van der Waals surface area contributed by atoms with Crippen molar-refractivity contribution in [3.63, 3.8) is 0 Å².